The summed E-state index contributed by atoms with van der Waals surface area (Å²) in [6, 6.07) is 5.70. The number of esters is 1. The van der Waals surface area contributed by atoms with E-state index in [4.69, 9.17) is 18.9 Å². The van der Waals surface area contributed by atoms with Crippen molar-refractivity contribution >= 4 is 41.6 Å². The minimum atomic E-state index is -0.327. The van der Waals surface area contributed by atoms with Crippen molar-refractivity contribution in [2.45, 2.75) is 33.6 Å². The van der Waals surface area contributed by atoms with Crippen molar-refractivity contribution in [1.82, 2.24) is 5.32 Å². The quantitative estimate of drug-likeness (QED) is 0.151. The lowest BCUT2D eigenvalue weighted by atomic mass is 10.2. The molecule has 0 amide bonds. The first-order valence-corrected chi connectivity index (χ1v) is 10.6. The number of hydrogen-bond acceptors (Lipinski definition) is 6. The number of ether oxygens (including phenoxy) is 4. The van der Waals surface area contributed by atoms with E-state index >= 15 is 0 Å². The average Bonchev–Trinajstić information content (AvgIpc) is 2.98. The second-order valence-electron chi connectivity index (χ2n) is 7.70. The van der Waals surface area contributed by atoms with Crippen LogP contribution in [0, 0.1) is 11.8 Å². The number of benzene rings is 1. The van der Waals surface area contributed by atoms with E-state index in [-0.39, 0.29) is 35.9 Å². The van der Waals surface area contributed by atoms with E-state index in [9.17, 15) is 4.79 Å². The molecule has 9 heteroatoms. The first kappa shape index (κ1) is 27.3. The number of aliphatic imine (C=N–C) groups is 1. The number of anilines is 1. The number of methoxy groups -OCH3 is 1. The van der Waals surface area contributed by atoms with Crippen LogP contribution in [0.3, 0.4) is 0 Å². The largest absolute Gasteiger partial charge is 0.490 e. The van der Waals surface area contributed by atoms with Gasteiger partial charge in [0, 0.05) is 37.9 Å². The Labute approximate surface area is 202 Å². The molecule has 1 aliphatic heterocycles. The van der Waals surface area contributed by atoms with Crippen molar-refractivity contribution in [3.05, 3.63) is 18.2 Å². The van der Waals surface area contributed by atoms with Gasteiger partial charge in [0.1, 0.15) is 0 Å². The van der Waals surface area contributed by atoms with Gasteiger partial charge >= 0.3 is 5.97 Å². The highest BCUT2D eigenvalue weighted by Gasteiger charge is 2.14. The standard InChI is InChI=1S/C22H35N3O5.HI/c1-16(2)15-28-10-5-9-23-22(24-14-17(3)21(26)27-4)25-18-7-8-19-20(13-18)30-12-6-11-29-19;/h7-8,13,16-17H,5-6,9-12,14-15H2,1-4H3,(H2,23,24,25);1H. The topological polar surface area (TPSA) is 90.4 Å². The number of hydrogen-bond donors (Lipinski definition) is 2. The molecule has 1 aromatic rings. The molecule has 0 spiro atoms. The first-order valence-electron chi connectivity index (χ1n) is 10.6. The zero-order chi connectivity index (χ0) is 21.8. The molecule has 31 heavy (non-hydrogen) atoms. The van der Waals surface area contributed by atoms with E-state index in [0.29, 0.717) is 50.5 Å². The molecule has 1 unspecified atom stereocenters. The normalized spacial score (nSPS) is 14.3. The van der Waals surface area contributed by atoms with Crippen LogP contribution in [0.15, 0.2) is 23.2 Å². The fourth-order valence-corrected chi connectivity index (χ4v) is 2.72. The van der Waals surface area contributed by atoms with Crippen LogP contribution in [0.1, 0.15) is 33.6 Å². The molecule has 0 saturated heterocycles. The van der Waals surface area contributed by atoms with Crippen LogP contribution in [0.5, 0.6) is 11.5 Å². The maximum absolute atomic E-state index is 11.7. The highest BCUT2D eigenvalue weighted by atomic mass is 127. The van der Waals surface area contributed by atoms with Crippen molar-refractivity contribution < 1.29 is 23.7 Å². The molecule has 0 fully saturated rings. The number of carbonyl (C=O) groups is 1. The van der Waals surface area contributed by atoms with Crippen molar-refractivity contribution in [2.24, 2.45) is 16.8 Å². The van der Waals surface area contributed by atoms with Gasteiger partial charge in [-0.05, 0) is 24.5 Å². The van der Waals surface area contributed by atoms with Crippen molar-refractivity contribution in [1.29, 1.82) is 0 Å². The Hall–Kier alpha value is -1.75. The third kappa shape index (κ3) is 10.4. The highest BCUT2D eigenvalue weighted by Crippen LogP contribution is 2.32. The van der Waals surface area contributed by atoms with Gasteiger partial charge in [-0.25, -0.2) is 0 Å². The SMILES string of the molecule is COC(=O)C(C)CN=C(NCCCOCC(C)C)Nc1ccc2c(c1)OCCCO2.I. The Kier molecular flexibility index (Phi) is 13.3. The monoisotopic (exact) mass is 549 g/mol. The van der Waals surface area contributed by atoms with Crippen LogP contribution in [-0.2, 0) is 14.3 Å². The molecular formula is C22H36IN3O5. The minimum Gasteiger partial charge on any atom is -0.490 e. The van der Waals surface area contributed by atoms with Crippen LogP contribution in [-0.4, -0.2) is 58.6 Å². The van der Waals surface area contributed by atoms with Gasteiger partial charge in [0.05, 0.1) is 32.8 Å². The van der Waals surface area contributed by atoms with Crippen molar-refractivity contribution in [3.63, 3.8) is 0 Å². The number of carbonyl (C=O) groups excluding carboxylic acids is 1. The molecule has 0 aromatic heterocycles. The Morgan fingerprint density at radius 3 is 2.65 bits per heavy atom. The van der Waals surface area contributed by atoms with Gasteiger partial charge in [-0.3, -0.25) is 9.79 Å². The molecule has 0 aliphatic carbocycles. The minimum absolute atomic E-state index is 0. The maximum atomic E-state index is 11.7. The smallest absolute Gasteiger partial charge is 0.310 e. The fourth-order valence-electron chi connectivity index (χ4n) is 2.72. The second kappa shape index (κ2) is 15.1. The molecule has 2 N–H and O–H groups in total. The Balaban J connectivity index is 0.00000480. The van der Waals surface area contributed by atoms with Gasteiger partial charge in [0.2, 0.25) is 0 Å². The van der Waals surface area contributed by atoms with Gasteiger partial charge in [-0.15, -0.1) is 24.0 Å². The summed E-state index contributed by atoms with van der Waals surface area (Å²) in [5.41, 5.74) is 0.826. The van der Waals surface area contributed by atoms with Crippen molar-refractivity contribution in [2.75, 3.05) is 51.9 Å². The highest BCUT2D eigenvalue weighted by molar-refractivity contribution is 14.0. The maximum Gasteiger partial charge on any atom is 0.310 e. The molecule has 8 nitrogen and oxygen atoms in total. The third-order valence-electron chi connectivity index (χ3n) is 4.35. The Morgan fingerprint density at radius 2 is 1.94 bits per heavy atom. The lowest BCUT2D eigenvalue weighted by molar-refractivity contribution is -0.144. The molecule has 1 aliphatic rings. The zero-order valence-electron chi connectivity index (χ0n) is 18.9. The summed E-state index contributed by atoms with van der Waals surface area (Å²) in [4.78, 5) is 16.2. The van der Waals surface area contributed by atoms with E-state index in [0.717, 1.165) is 30.9 Å². The number of guanidine groups is 1. The van der Waals surface area contributed by atoms with Crippen molar-refractivity contribution in [3.8, 4) is 11.5 Å². The fraction of sp³-hybridized carbons (Fsp3) is 0.636. The summed E-state index contributed by atoms with van der Waals surface area (Å²) >= 11 is 0. The van der Waals surface area contributed by atoms with Gasteiger partial charge < -0.3 is 29.6 Å². The summed E-state index contributed by atoms with van der Waals surface area (Å²) in [7, 11) is 1.38. The number of fused-ring (bicyclic) bond motifs is 1. The molecule has 176 valence electrons. The summed E-state index contributed by atoms with van der Waals surface area (Å²) in [5.74, 6) is 1.95. The first-order chi connectivity index (χ1) is 14.5. The lowest BCUT2D eigenvalue weighted by Gasteiger charge is -2.15. The molecule has 0 radical (unpaired) electrons. The van der Waals surface area contributed by atoms with E-state index in [2.05, 4.69) is 29.5 Å². The average molecular weight is 549 g/mol. The summed E-state index contributed by atoms with van der Waals surface area (Å²) in [5, 5.41) is 6.58. The molecular weight excluding hydrogens is 513 g/mol. The zero-order valence-corrected chi connectivity index (χ0v) is 21.3. The van der Waals surface area contributed by atoms with Crippen LogP contribution < -0.4 is 20.1 Å². The Bertz CT molecular complexity index is 700. The summed E-state index contributed by atoms with van der Waals surface area (Å²) in [6.07, 6.45) is 1.71. The molecule has 1 heterocycles. The lowest BCUT2D eigenvalue weighted by Crippen LogP contribution is -2.33. The van der Waals surface area contributed by atoms with E-state index in [1.165, 1.54) is 7.11 Å². The van der Waals surface area contributed by atoms with Crippen LogP contribution in [0.4, 0.5) is 5.69 Å². The molecule has 0 bridgehead atoms. The number of rotatable bonds is 10. The second-order valence-corrected chi connectivity index (χ2v) is 7.70. The van der Waals surface area contributed by atoms with E-state index < -0.39 is 0 Å². The van der Waals surface area contributed by atoms with Crippen LogP contribution in [0.25, 0.3) is 0 Å². The number of nitrogens with one attached hydrogen (secondary N) is 2. The van der Waals surface area contributed by atoms with Gasteiger partial charge in [-0.1, -0.05) is 20.8 Å². The van der Waals surface area contributed by atoms with E-state index in [1.807, 2.05) is 18.2 Å². The molecule has 0 saturated carbocycles. The molecule has 1 aromatic carbocycles. The third-order valence-corrected chi connectivity index (χ3v) is 4.35. The molecule has 2 rings (SSSR count). The van der Waals surface area contributed by atoms with E-state index in [1.54, 1.807) is 6.92 Å². The van der Waals surface area contributed by atoms with Gasteiger partial charge in [0.15, 0.2) is 17.5 Å². The summed E-state index contributed by atoms with van der Waals surface area (Å²) < 4.78 is 21.8. The Morgan fingerprint density at radius 1 is 1.19 bits per heavy atom. The predicted molar refractivity (Wildman–Crippen MR) is 133 cm³/mol. The molecule has 1 atom stereocenters. The van der Waals surface area contributed by atoms with Gasteiger partial charge in [0.25, 0.3) is 0 Å². The van der Waals surface area contributed by atoms with Crippen LogP contribution in [0.2, 0.25) is 0 Å². The predicted octanol–water partition coefficient (Wildman–Crippen LogP) is 3.70. The van der Waals surface area contributed by atoms with Crippen LogP contribution >= 0.6 is 24.0 Å². The number of nitrogens with zero attached hydrogens (tertiary/aromatic N) is 1. The number of halogens is 1. The van der Waals surface area contributed by atoms with Gasteiger partial charge in [-0.2, -0.15) is 0 Å². The summed E-state index contributed by atoms with van der Waals surface area (Å²) in [6.45, 7) is 9.78.